The van der Waals surface area contributed by atoms with Gasteiger partial charge in [-0.3, -0.25) is 4.68 Å². The van der Waals surface area contributed by atoms with Crippen LogP contribution in [-0.4, -0.2) is 23.5 Å². The second-order valence-corrected chi connectivity index (χ2v) is 5.07. The minimum Gasteiger partial charge on any atom is -0.383 e. The molecule has 5 heteroatoms. The number of aromatic nitrogens is 2. The van der Waals surface area contributed by atoms with Gasteiger partial charge in [0.25, 0.3) is 0 Å². The maximum Gasteiger partial charge on any atom is 0.0834 e. The van der Waals surface area contributed by atoms with Crippen LogP contribution in [-0.2, 0) is 11.3 Å². The lowest BCUT2D eigenvalue weighted by Gasteiger charge is -2.20. The average molecular weight is 258 g/mol. The molecule has 1 unspecified atom stereocenters. The monoisotopic (exact) mass is 257 g/mol. The zero-order chi connectivity index (χ0) is 12.3. The van der Waals surface area contributed by atoms with E-state index in [-0.39, 0.29) is 6.04 Å². The third kappa shape index (κ3) is 2.81. The van der Waals surface area contributed by atoms with Gasteiger partial charge in [-0.25, -0.2) is 0 Å². The summed E-state index contributed by atoms with van der Waals surface area (Å²) in [5.41, 5.74) is 7.30. The first-order valence-electron chi connectivity index (χ1n) is 6.19. The van der Waals surface area contributed by atoms with Crippen molar-refractivity contribution in [3.63, 3.8) is 0 Å². The van der Waals surface area contributed by atoms with E-state index in [4.69, 9.17) is 22.1 Å². The Morgan fingerprint density at radius 2 is 2.29 bits per heavy atom. The Labute approximate surface area is 107 Å². The molecule has 0 saturated heterocycles. The Morgan fingerprint density at radius 3 is 2.94 bits per heavy atom. The van der Waals surface area contributed by atoms with Crippen molar-refractivity contribution in [3.8, 4) is 0 Å². The highest BCUT2D eigenvalue weighted by Gasteiger charge is 2.27. The van der Waals surface area contributed by atoms with Crippen LogP contribution < -0.4 is 5.73 Å². The highest BCUT2D eigenvalue weighted by atomic mass is 35.5. The Balaban J connectivity index is 2.14. The summed E-state index contributed by atoms with van der Waals surface area (Å²) in [6, 6.07) is 0.00403. The molecule has 4 nitrogen and oxygen atoms in total. The number of hydrogen-bond acceptors (Lipinski definition) is 3. The van der Waals surface area contributed by atoms with Gasteiger partial charge in [-0.2, -0.15) is 5.10 Å². The van der Waals surface area contributed by atoms with Gasteiger partial charge in [0.1, 0.15) is 0 Å². The third-order valence-corrected chi connectivity index (χ3v) is 3.86. The molecule has 2 rings (SSSR count). The summed E-state index contributed by atoms with van der Waals surface area (Å²) in [7, 11) is 1.68. The lowest BCUT2D eigenvalue weighted by Crippen LogP contribution is -2.24. The molecule has 1 aromatic heterocycles. The van der Waals surface area contributed by atoms with E-state index in [2.05, 4.69) is 5.10 Å². The highest BCUT2D eigenvalue weighted by Crippen LogP contribution is 2.36. The van der Waals surface area contributed by atoms with E-state index < -0.39 is 0 Å². The summed E-state index contributed by atoms with van der Waals surface area (Å²) in [5, 5.41) is 4.95. The Bertz CT molecular complexity index is 361. The van der Waals surface area contributed by atoms with Crippen molar-refractivity contribution in [2.75, 3.05) is 13.7 Å². The van der Waals surface area contributed by atoms with Crippen LogP contribution in [0.2, 0.25) is 5.02 Å². The van der Waals surface area contributed by atoms with E-state index >= 15 is 0 Å². The number of ether oxygens (including phenoxy) is 1. The van der Waals surface area contributed by atoms with Crippen molar-refractivity contribution in [1.29, 1.82) is 0 Å². The highest BCUT2D eigenvalue weighted by molar-refractivity contribution is 6.31. The second kappa shape index (κ2) is 5.85. The van der Waals surface area contributed by atoms with E-state index in [0.717, 1.165) is 5.69 Å². The van der Waals surface area contributed by atoms with Crippen LogP contribution in [0.3, 0.4) is 0 Å². The van der Waals surface area contributed by atoms with Crippen molar-refractivity contribution < 1.29 is 4.74 Å². The van der Waals surface area contributed by atoms with Crippen molar-refractivity contribution in [2.24, 2.45) is 11.7 Å². The van der Waals surface area contributed by atoms with Gasteiger partial charge in [0.05, 0.1) is 36.1 Å². The fraction of sp³-hybridized carbons (Fsp3) is 0.750. The first-order valence-corrected chi connectivity index (χ1v) is 6.57. The molecule has 17 heavy (non-hydrogen) atoms. The summed E-state index contributed by atoms with van der Waals surface area (Å²) >= 11 is 6.19. The maximum atomic E-state index is 6.33. The number of rotatable bonds is 5. The van der Waals surface area contributed by atoms with Gasteiger partial charge >= 0.3 is 0 Å². The van der Waals surface area contributed by atoms with E-state index in [1.54, 1.807) is 13.3 Å². The molecule has 0 aliphatic heterocycles. The number of nitrogens with zero attached hydrogens (tertiary/aromatic N) is 2. The van der Waals surface area contributed by atoms with Crippen LogP contribution >= 0.6 is 11.6 Å². The summed E-state index contributed by atoms with van der Waals surface area (Å²) in [5.74, 6) is 0.547. The smallest absolute Gasteiger partial charge is 0.0834 e. The largest absolute Gasteiger partial charge is 0.383 e. The molecule has 0 spiro atoms. The van der Waals surface area contributed by atoms with E-state index in [1.165, 1.54) is 25.7 Å². The number of hydrogen-bond donors (Lipinski definition) is 1. The summed E-state index contributed by atoms with van der Waals surface area (Å²) in [4.78, 5) is 0. The summed E-state index contributed by atoms with van der Waals surface area (Å²) < 4.78 is 6.95. The lowest BCUT2D eigenvalue weighted by molar-refractivity contribution is 0.181. The average Bonchev–Trinajstić information content (AvgIpc) is 2.95. The minimum absolute atomic E-state index is 0.00403. The zero-order valence-electron chi connectivity index (χ0n) is 10.2. The number of nitrogens with two attached hydrogens (primary N) is 1. The molecule has 1 heterocycles. The molecule has 0 bridgehead atoms. The van der Waals surface area contributed by atoms with E-state index in [9.17, 15) is 0 Å². The number of halogens is 1. The van der Waals surface area contributed by atoms with E-state index in [0.29, 0.717) is 24.1 Å². The topological polar surface area (TPSA) is 53.1 Å². The predicted octanol–water partition coefficient (Wildman–Crippen LogP) is 2.37. The van der Waals surface area contributed by atoms with Crippen LogP contribution in [0.4, 0.5) is 0 Å². The first-order chi connectivity index (χ1) is 8.24. The Kier molecular flexibility index (Phi) is 4.42. The molecule has 1 aromatic rings. The quantitative estimate of drug-likeness (QED) is 0.881. The molecule has 1 saturated carbocycles. The van der Waals surface area contributed by atoms with Crippen molar-refractivity contribution in [1.82, 2.24) is 9.78 Å². The fourth-order valence-electron chi connectivity index (χ4n) is 2.60. The minimum atomic E-state index is 0.00403. The van der Waals surface area contributed by atoms with Crippen LogP contribution in [0.25, 0.3) is 0 Å². The first kappa shape index (κ1) is 12.9. The SMILES string of the molecule is COCCn1ncc(Cl)c1C(N)C1CCCC1. The summed E-state index contributed by atoms with van der Waals surface area (Å²) in [6.07, 6.45) is 6.64. The Hall–Kier alpha value is -0.580. The van der Waals surface area contributed by atoms with Crippen LogP contribution in [0.1, 0.15) is 37.4 Å². The molecule has 0 aromatic carbocycles. The molecule has 0 amide bonds. The zero-order valence-corrected chi connectivity index (χ0v) is 11.0. The van der Waals surface area contributed by atoms with Crippen molar-refractivity contribution in [2.45, 2.75) is 38.3 Å². The molecular weight excluding hydrogens is 238 g/mol. The van der Waals surface area contributed by atoms with Crippen molar-refractivity contribution in [3.05, 3.63) is 16.9 Å². The van der Waals surface area contributed by atoms with E-state index in [1.807, 2.05) is 4.68 Å². The second-order valence-electron chi connectivity index (χ2n) is 4.66. The standard InChI is InChI=1S/C12H20ClN3O/c1-17-7-6-16-12(10(13)8-15-16)11(14)9-4-2-3-5-9/h8-9,11H,2-7,14H2,1H3. The predicted molar refractivity (Wildman–Crippen MR) is 68.0 cm³/mol. The van der Waals surface area contributed by atoms with Gasteiger partial charge in [0, 0.05) is 7.11 Å². The fourth-order valence-corrected chi connectivity index (χ4v) is 2.87. The molecule has 1 fully saturated rings. The molecule has 2 N–H and O–H groups in total. The van der Waals surface area contributed by atoms with Gasteiger partial charge in [-0.1, -0.05) is 24.4 Å². The van der Waals surface area contributed by atoms with Gasteiger partial charge in [-0.05, 0) is 18.8 Å². The van der Waals surface area contributed by atoms with Gasteiger partial charge < -0.3 is 10.5 Å². The van der Waals surface area contributed by atoms with Crippen LogP contribution in [0.5, 0.6) is 0 Å². The van der Waals surface area contributed by atoms with Gasteiger partial charge in [-0.15, -0.1) is 0 Å². The molecule has 1 atom stereocenters. The molecule has 0 radical (unpaired) electrons. The van der Waals surface area contributed by atoms with Gasteiger partial charge in [0.2, 0.25) is 0 Å². The van der Waals surface area contributed by atoms with Crippen LogP contribution in [0.15, 0.2) is 6.20 Å². The third-order valence-electron chi connectivity index (χ3n) is 3.56. The normalized spacial score (nSPS) is 18.8. The Morgan fingerprint density at radius 1 is 1.59 bits per heavy atom. The summed E-state index contributed by atoms with van der Waals surface area (Å²) in [6.45, 7) is 1.33. The maximum absolute atomic E-state index is 6.33. The molecule has 1 aliphatic rings. The molecule has 96 valence electrons. The molecule has 1 aliphatic carbocycles. The lowest BCUT2D eigenvalue weighted by atomic mass is 9.96. The van der Waals surface area contributed by atoms with Crippen LogP contribution in [0, 0.1) is 5.92 Å². The number of methoxy groups -OCH3 is 1. The van der Waals surface area contributed by atoms with Gasteiger partial charge in [0.15, 0.2) is 0 Å². The van der Waals surface area contributed by atoms with Crippen molar-refractivity contribution >= 4 is 11.6 Å². The molecular formula is C12H20ClN3O.